The van der Waals surface area contributed by atoms with Crippen molar-refractivity contribution in [2.75, 3.05) is 5.32 Å². The number of aryl methyl sites for hydroxylation is 1. The fraction of sp³-hybridized carbons (Fsp3) is 0.421. The Kier molecular flexibility index (Phi) is 4.44. The van der Waals surface area contributed by atoms with Gasteiger partial charge in [0.05, 0.1) is 5.69 Å². The Balaban J connectivity index is 1.63. The van der Waals surface area contributed by atoms with Crippen LogP contribution in [-0.2, 0) is 13.0 Å². The number of anilines is 1. The Hall–Kier alpha value is -2.34. The summed E-state index contributed by atoms with van der Waals surface area (Å²) in [5.41, 5.74) is 2.83. The van der Waals surface area contributed by atoms with Crippen LogP contribution in [0.5, 0.6) is 0 Å². The molecule has 1 aromatic carbocycles. The average Bonchev–Trinajstić information content (AvgIpc) is 3.34. The number of benzene rings is 1. The van der Waals surface area contributed by atoms with E-state index in [9.17, 15) is 9.59 Å². The van der Waals surface area contributed by atoms with Gasteiger partial charge in [-0.05, 0) is 62.8 Å². The van der Waals surface area contributed by atoms with Crippen molar-refractivity contribution >= 4 is 29.1 Å². The molecule has 0 radical (unpaired) electrons. The van der Waals surface area contributed by atoms with Crippen LogP contribution in [0.4, 0.5) is 5.69 Å². The summed E-state index contributed by atoms with van der Waals surface area (Å²) in [5.74, 6) is -0.168. The third kappa shape index (κ3) is 3.33. The van der Waals surface area contributed by atoms with Crippen molar-refractivity contribution in [2.24, 2.45) is 0 Å². The fourth-order valence-corrected chi connectivity index (χ4v) is 3.55. The third-order valence-corrected chi connectivity index (χ3v) is 5.12. The SMILES string of the molecule is Cc1cc(Cl)ccc1NC(=O)c1nc(C(=O)NC2CC2)c2n1CCCC2. The Morgan fingerprint density at radius 3 is 2.77 bits per heavy atom. The largest absolute Gasteiger partial charge is 0.348 e. The monoisotopic (exact) mass is 372 g/mol. The molecular formula is C19H21ClN4O2. The molecule has 26 heavy (non-hydrogen) atoms. The van der Waals surface area contributed by atoms with Gasteiger partial charge in [0.25, 0.3) is 11.8 Å². The first-order chi connectivity index (χ1) is 12.5. The second kappa shape index (κ2) is 6.76. The third-order valence-electron chi connectivity index (χ3n) is 4.89. The highest BCUT2D eigenvalue weighted by atomic mass is 35.5. The normalized spacial score (nSPS) is 16.1. The minimum atomic E-state index is -0.302. The molecule has 7 heteroatoms. The van der Waals surface area contributed by atoms with E-state index in [2.05, 4.69) is 15.6 Å². The molecule has 1 aromatic heterocycles. The zero-order valence-corrected chi connectivity index (χ0v) is 15.4. The molecule has 136 valence electrons. The van der Waals surface area contributed by atoms with Crippen LogP contribution in [-0.4, -0.2) is 27.4 Å². The van der Waals surface area contributed by atoms with E-state index >= 15 is 0 Å². The maximum atomic E-state index is 12.8. The van der Waals surface area contributed by atoms with Crippen molar-refractivity contribution in [1.29, 1.82) is 0 Å². The molecule has 0 spiro atoms. The number of hydrogen-bond acceptors (Lipinski definition) is 3. The molecule has 2 aliphatic rings. The topological polar surface area (TPSA) is 76.0 Å². The fourth-order valence-electron chi connectivity index (χ4n) is 3.33. The zero-order valence-electron chi connectivity index (χ0n) is 14.6. The van der Waals surface area contributed by atoms with E-state index < -0.39 is 0 Å². The van der Waals surface area contributed by atoms with Crippen LogP contribution in [0, 0.1) is 6.92 Å². The predicted octanol–water partition coefficient (Wildman–Crippen LogP) is 3.33. The number of nitrogens with zero attached hydrogens (tertiary/aromatic N) is 2. The number of imidazole rings is 1. The molecule has 4 rings (SSSR count). The number of amides is 2. The Bertz CT molecular complexity index is 886. The molecule has 2 N–H and O–H groups in total. The highest BCUT2D eigenvalue weighted by Crippen LogP contribution is 2.25. The maximum absolute atomic E-state index is 12.8. The maximum Gasteiger partial charge on any atom is 0.291 e. The van der Waals surface area contributed by atoms with E-state index in [0.717, 1.165) is 43.4 Å². The van der Waals surface area contributed by atoms with Crippen molar-refractivity contribution < 1.29 is 9.59 Å². The summed E-state index contributed by atoms with van der Waals surface area (Å²) in [7, 11) is 0. The molecule has 2 amide bonds. The first kappa shape index (κ1) is 17.1. The van der Waals surface area contributed by atoms with Gasteiger partial charge in [0.15, 0.2) is 5.82 Å². The first-order valence-corrected chi connectivity index (χ1v) is 9.38. The van der Waals surface area contributed by atoms with Crippen molar-refractivity contribution in [3.8, 4) is 0 Å². The molecule has 0 unspecified atom stereocenters. The van der Waals surface area contributed by atoms with Gasteiger partial charge in [-0.3, -0.25) is 9.59 Å². The summed E-state index contributed by atoms with van der Waals surface area (Å²) in [6, 6.07) is 5.57. The molecule has 2 heterocycles. The van der Waals surface area contributed by atoms with Gasteiger partial charge in [-0.2, -0.15) is 0 Å². The first-order valence-electron chi connectivity index (χ1n) is 9.00. The average molecular weight is 373 g/mol. The smallest absolute Gasteiger partial charge is 0.291 e. The van der Waals surface area contributed by atoms with Crippen LogP contribution < -0.4 is 10.6 Å². The molecule has 6 nitrogen and oxygen atoms in total. The van der Waals surface area contributed by atoms with Crippen LogP contribution >= 0.6 is 11.6 Å². The van der Waals surface area contributed by atoms with Gasteiger partial charge in [-0.25, -0.2) is 4.98 Å². The van der Waals surface area contributed by atoms with E-state index in [1.807, 2.05) is 11.5 Å². The zero-order chi connectivity index (χ0) is 18.3. The molecule has 0 bridgehead atoms. The number of carbonyl (C=O) groups excluding carboxylic acids is 2. The van der Waals surface area contributed by atoms with Gasteiger partial charge < -0.3 is 15.2 Å². The molecule has 0 atom stereocenters. The number of nitrogens with one attached hydrogen (secondary N) is 2. The van der Waals surface area contributed by atoms with Gasteiger partial charge >= 0.3 is 0 Å². The summed E-state index contributed by atoms with van der Waals surface area (Å²) in [5, 5.41) is 6.50. The second-order valence-electron chi connectivity index (χ2n) is 7.00. The summed E-state index contributed by atoms with van der Waals surface area (Å²) in [6.45, 7) is 2.60. The summed E-state index contributed by atoms with van der Waals surface area (Å²) in [4.78, 5) is 29.8. The molecule has 1 saturated carbocycles. The lowest BCUT2D eigenvalue weighted by molar-refractivity contribution is 0.0945. The number of aromatic nitrogens is 2. The summed E-state index contributed by atoms with van der Waals surface area (Å²) in [6.07, 6.45) is 4.80. The lowest BCUT2D eigenvalue weighted by Gasteiger charge is -2.17. The van der Waals surface area contributed by atoms with Crippen LogP contribution in [0.15, 0.2) is 18.2 Å². The number of rotatable bonds is 4. The minimum Gasteiger partial charge on any atom is -0.348 e. The van der Waals surface area contributed by atoms with Gasteiger partial charge in [-0.1, -0.05) is 11.6 Å². The number of hydrogen-bond donors (Lipinski definition) is 2. The van der Waals surface area contributed by atoms with Crippen LogP contribution in [0.1, 0.15) is 58.0 Å². The van der Waals surface area contributed by atoms with E-state index in [1.54, 1.807) is 18.2 Å². The second-order valence-corrected chi connectivity index (χ2v) is 7.44. The molecular weight excluding hydrogens is 352 g/mol. The Labute approximate surface area is 156 Å². The predicted molar refractivity (Wildman–Crippen MR) is 99.8 cm³/mol. The number of carbonyl (C=O) groups is 2. The Morgan fingerprint density at radius 2 is 2.04 bits per heavy atom. The lowest BCUT2D eigenvalue weighted by Crippen LogP contribution is -2.27. The van der Waals surface area contributed by atoms with Crippen molar-refractivity contribution in [3.05, 3.63) is 46.0 Å². The molecule has 2 aromatic rings. The van der Waals surface area contributed by atoms with E-state index in [0.29, 0.717) is 28.8 Å². The van der Waals surface area contributed by atoms with E-state index in [4.69, 9.17) is 11.6 Å². The van der Waals surface area contributed by atoms with Crippen molar-refractivity contribution in [3.63, 3.8) is 0 Å². The summed E-state index contributed by atoms with van der Waals surface area (Å²) >= 11 is 5.98. The van der Waals surface area contributed by atoms with E-state index in [-0.39, 0.29) is 17.9 Å². The van der Waals surface area contributed by atoms with Gasteiger partial charge in [0.2, 0.25) is 0 Å². The van der Waals surface area contributed by atoms with Crippen LogP contribution in [0.2, 0.25) is 5.02 Å². The lowest BCUT2D eigenvalue weighted by atomic mass is 10.1. The number of halogens is 1. The standard InChI is InChI=1S/C19H21ClN4O2/c1-11-10-12(20)5-8-14(11)22-19(26)17-23-16(18(25)21-13-6-7-13)15-4-2-3-9-24(15)17/h5,8,10,13H,2-4,6-7,9H2,1H3,(H,21,25)(H,22,26). The molecule has 1 aliphatic heterocycles. The minimum absolute atomic E-state index is 0.167. The highest BCUT2D eigenvalue weighted by Gasteiger charge is 2.30. The Morgan fingerprint density at radius 1 is 1.23 bits per heavy atom. The summed E-state index contributed by atoms with van der Waals surface area (Å²) < 4.78 is 1.89. The highest BCUT2D eigenvalue weighted by molar-refractivity contribution is 6.30. The molecule has 1 fully saturated rings. The van der Waals surface area contributed by atoms with Crippen LogP contribution in [0.25, 0.3) is 0 Å². The van der Waals surface area contributed by atoms with Gasteiger partial charge in [0, 0.05) is 23.3 Å². The van der Waals surface area contributed by atoms with Crippen molar-refractivity contribution in [1.82, 2.24) is 14.9 Å². The quantitative estimate of drug-likeness (QED) is 0.864. The molecule has 0 saturated heterocycles. The van der Waals surface area contributed by atoms with Crippen LogP contribution in [0.3, 0.4) is 0 Å². The van der Waals surface area contributed by atoms with Crippen molar-refractivity contribution in [2.45, 2.75) is 51.6 Å². The molecule has 1 aliphatic carbocycles. The number of fused-ring (bicyclic) bond motifs is 1. The van der Waals surface area contributed by atoms with E-state index in [1.165, 1.54) is 0 Å². The van der Waals surface area contributed by atoms with Gasteiger partial charge in [-0.15, -0.1) is 0 Å². The van der Waals surface area contributed by atoms with Gasteiger partial charge in [0.1, 0.15) is 5.69 Å².